The number of ether oxygens (including phenoxy) is 3. The van der Waals surface area contributed by atoms with Crippen molar-refractivity contribution in [2.24, 2.45) is 0 Å². The van der Waals surface area contributed by atoms with Gasteiger partial charge in [0, 0.05) is 12.8 Å². The van der Waals surface area contributed by atoms with E-state index in [9.17, 15) is 14.4 Å². The van der Waals surface area contributed by atoms with Crippen LogP contribution in [0.25, 0.3) is 0 Å². The van der Waals surface area contributed by atoms with E-state index in [-0.39, 0.29) is 38.0 Å². The van der Waals surface area contributed by atoms with Gasteiger partial charge < -0.3 is 14.2 Å². The van der Waals surface area contributed by atoms with Crippen molar-refractivity contribution < 1.29 is 28.6 Å². The molecule has 0 rings (SSSR count). The summed E-state index contributed by atoms with van der Waals surface area (Å²) >= 11 is 0. The fraction of sp³-hybridized carbons (Fsp3) is 0.492. The molecule has 0 aromatic carbocycles. The Morgan fingerprint density at radius 3 is 0.873 bits per heavy atom. The van der Waals surface area contributed by atoms with Crippen molar-refractivity contribution >= 4 is 17.9 Å². The van der Waals surface area contributed by atoms with Crippen LogP contribution < -0.4 is 0 Å². The third-order valence-electron chi connectivity index (χ3n) is 10.4. The van der Waals surface area contributed by atoms with Gasteiger partial charge in [0.05, 0.1) is 6.42 Å². The van der Waals surface area contributed by atoms with Crippen LogP contribution in [0.5, 0.6) is 0 Å². The molecule has 0 bridgehead atoms. The van der Waals surface area contributed by atoms with Crippen LogP contribution in [0.4, 0.5) is 0 Å². The topological polar surface area (TPSA) is 78.9 Å². The van der Waals surface area contributed by atoms with E-state index in [2.05, 4.69) is 191 Å². The van der Waals surface area contributed by atoms with Crippen molar-refractivity contribution in [1.82, 2.24) is 0 Å². The Morgan fingerprint density at radius 2 is 0.549 bits per heavy atom. The smallest absolute Gasteiger partial charge is 0.310 e. The molecule has 0 saturated heterocycles. The summed E-state index contributed by atoms with van der Waals surface area (Å²) in [7, 11) is 0. The average Bonchev–Trinajstić information content (AvgIpc) is 3.37. The highest BCUT2D eigenvalue weighted by molar-refractivity contribution is 5.72. The van der Waals surface area contributed by atoms with Gasteiger partial charge in [-0.05, 0) is 135 Å². The molecule has 0 N–H and O–H groups in total. The number of carbonyl (C=O) groups is 3. The highest BCUT2D eigenvalue weighted by atomic mass is 16.6. The molecule has 0 aliphatic heterocycles. The summed E-state index contributed by atoms with van der Waals surface area (Å²) in [6.45, 7) is 6.12. The lowest BCUT2D eigenvalue weighted by molar-refractivity contribution is -0.166. The second-order valence-corrected chi connectivity index (χ2v) is 17.0. The lowest BCUT2D eigenvalue weighted by Gasteiger charge is -2.18. The van der Waals surface area contributed by atoms with Gasteiger partial charge in [0.15, 0.2) is 6.10 Å². The Balaban J connectivity index is 4.61. The van der Waals surface area contributed by atoms with Crippen LogP contribution in [0.2, 0.25) is 0 Å². The van der Waals surface area contributed by atoms with Crippen LogP contribution >= 0.6 is 0 Å². The molecule has 0 fully saturated rings. The molecule has 0 aliphatic carbocycles. The Morgan fingerprint density at radius 1 is 0.296 bits per heavy atom. The predicted molar refractivity (Wildman–Crippen MR) is 306 cm³/mol. The Kier molecular flexibility index (Phi) is 52.7. The summed E-state index contributed by atoms with van der Waals surface area (Å²) in [5.41, 5.74) is 0. The zero-order valence-corrected chi connectivity index (χ0v) is 44.6. The van der Waals surface area contributed by atoms with E-state index >= 15 is 0 Å². The van der Waals surface area contributed by atoms with Crippen LogP contribution in [0.1, 0.15) is 188 Å². The summed E-state index contributed by atoms with van der Waals surface area (Å²) in [5.74, 6) is -1.17. The molecule has 0 heterocycles. The molecule has 71 heavy (non-hydrogen) atoms. The number of esters is 3. The van der Waals surface area contributed by atoms with Gasteiger partial charge in [-0.3, -0.25) is 14.4 Å². The first-order chi connectivity index (χ1) is 35.0. The van der Waals surface area contributed by atoms with Gasteiger partial charge >= 0.3 is 17.9 Å². The highest BCUT2D eigenvalue weighted by Gasteiger charge is 2.19. The summed E-state index contributed by atoms with van der Waals surface area (Å²) in [4.78, 5) is 38.0. The SMILES string of the molecule is CC/C=C\C/C=C\C/C=C\C/C=C\C/C=C\C/C=C\CCCCCCC(=O)OCC(COC(=O)CCCC/C=C\C/C=C\C/C=C\C/C=C\CC)OC(=O)C/C=C\C/C=C\C/C=C\C/C=C\C/C=C\CC. The van der Waals surface area contributed by atoms with Crippen molar-refractivity contribution in [2.75, 3.05) is 13.2 Å². The van der Waals surface area contributed by atoms with Crippen LogP contribution in [0.15, 0.2) is 182 Å². The summed E-state index contributed by atoms with van der Waals surface area (Å²) in [6.07, 6.45) is 86.2. The zero-order valence-electron chi connectivity index (χ0n) is 44.6. The number of unbranched alkanes of at least 4 members (excludes halogenated alkanes) is 6. The van der Waals surface area contributed by atoms with E-state index in [1.54, 1.807) is 6.08 Å². The molecule has 0 aromatic rings. The number of hydrogen-bond donors (Lipinski definition) is 0. The molecule has 0 aromatic heterocycles. The van der Waals surface area contributed by atoms with E-state index in [0.29, 0.717) is 19.3 Å². The summed E-state index contributed by atoms with van der Waals surface area (Å²) in [5, 5.41) is 0. The van der Waals surface area contributed by atoms with Gasteiger partial charge in [0.2, 0.25) is 0 Å². The largest absolute Gasteiger partial charge is 0.462 e. The molecular formula is C65H96O6. The minimum absolute atomic E-state index is 0.0712. The second kappa shape index (κ2) is 57.1. The Labute approximate surface area is 434 Å². The lowest BCUT2D eigenvalue weighted by atomic mass is 10.1. The molecule has 0 amide bonds. The van der Waals surface area contributed by atoms with Crippen molar-refractivity contribution in [2.45, 2.75) is 194 Å². The number of hydrogen-bond acceptors (Lipinski definition) is 6. The van der Waals surface area contributed by atoms with Crippen molar-refractivity contribution in [3.63, 3.8) is 0 Å². The van der Waals surface area contributed by atoms with E-state index in [1.165, 1.54) is 0 Å². The van der Waals surface area contributed by atoms with Gasteiger partial charge in [-0.15, -0.1) is 0 Å². The minimum atomic E-state index is -0.871. The first-order valence-electron chi connectivity index (χ1n) is 27.3. The quantitative estimate of drug-likeness (QED) is 0.0262. The highest BCUT2D eigenvalue weighted by Crippen LogP contribution is 2.10. The molecule has 1 unspecified atom stereocenters. The maximum atomic E-state index is 12.8. The molecule has 392 valence electrons. The standard InChI is InChI=1S/C65H96O6/c1-4-7-10-13-16-19-22-25-28-29-30-31-32-33-34-35-38-40-43-46-49-52-55-58-64(67)70-61-62(71-65(68)59-56-53-50-47-44-41-37-27-24-21-18-15-12-9-6-3)60-69-63(66)57-54-51-48-45-42-39-36-26-23-20-17-14-11-8-5-2/h7-12,16-21,25-28,30-31,33-34,36-38,40,42,44-45,47,53,56,62H,4-6,13-15,22-24,29,32,35,39,41,43,46,48-52,54-55,57-61H2,1-3H3/b10-7-,11-8-,12-9-,19-16-,20-17-,21-18-,28-25-,31-30-,34-33-,36-26-,37-27-,40-38-,45-42-,47-44-,56-53-. The van der Waals surface area contributed by atoms with E-state index in [4.69, 9.17) is 14.2 Å². The van der Waals surface area contributed by atoms with Crippen LogP contribution in [-0.4, -0.2) is 37.2 Å². The zero-order chi connectivity index (χ0) is 51.4. The van der Waals surface area contributed by atoms with Crippen molar-refractivity contribution in [1.29, 1.82) is 0 Å². The number of allylic oxidation sites excluding steroid dienone is 29. The van der Waals surface area contributed by atoms with Crippen molar-refractivity contribution in [3.05, 3.63) is 182 Å². The third-order valence-corrected chi connectivity index (χ3v) is 10.4. The first-order valence-corrected chi connectivity index (χ1v) is 27.3. The van der Waals surface area contributed by atoms with Gasteiger partial charge in [-0.1, -0.05) is 216 Å². The van der Waals surface area contributed by atoms with Crippen LogP contribution in [0, 0.1) is 0 Å². The lowest BCUT2D eigenvalue weighted by Crippen LogP contribution is -2.30. The molecule has 0 radical (unpaired) electrons. The fourth-order valence-corrected chi connectivity index (χ4v) is 6.45. The van der Waals surface area contributed by atoms with Gasteiger partial charge in [0.1, 0.15) is 13.2 Å². The maximum absolute atomic E-state index is 12.8. The molecule has 1 atom stereocenters. The normalized spacial score (nSPS) is 13.6. The number of rotatable bonds is 46. The van der Waals surface area contributed by atoms with E-state index < -0.39 is 12.1 Å². The average molecular weight is 973 g/mol. The van der Waals surface area contributed by atoms with Gasteiger partial charge in [-0.2, -0.15) is 0 Å². The fourth-order valence-electron chi connectivity index (χ4n) is 6.45. The number of carbonyl (C=O) groups excluding carboxylic acids is 3. The molecule has 0 spiro atoms. The monoisotopic (exact) mass is 973 g/mol. The first kappa shape index (κ1) is 65.5. The molecule has 0 aliphatic rings. The maximum Gasteiger partial charge on any atom is 0.310 e. The third kappa shape index (κ3) is 55.3. The Hall–Kier alpha value is -5.49. The minimum Gasteiger partial charge on any atom is -0.462 e. The molecule has 0 saturated carbocycles. The van der Waals surface area contributed by atoms with Gasteiger partial charge in [0.25, 0.3) is 0 Å². The summed E-state index contributed by atoms with van der Waals surface area (Å²) < 4.78 is 16.7. The second-order valence-electron chi connectivity index (χ2n) is 17.0. The Bertz CT molecular complexity index is 1730. The molecule has 6 nitrogen and oxygen atoms in total. The van der Waals surface area contributed by atoms with E-state index in [1.807, 2.05) is 6.08 Å². The molecular weight excluding hydrogens is 877 g/mol. The predicted octanol–water partition coefficient (Wildman–Crippen LogP) is 18.5. The van der Waals surface area contributed by atoms with Crippen LogP contribution in [0.3, 0.4) is 0 Å². The van der Waals surface area contributed by atoms with Crippen LogP contribution in [-0.2, 0) is 28.6 Å². The summed E-state index contributed by atoms with van der Waals surface area (Å²) in [6, 6.07) is 0. The molecule has 6 heteroatoms. The van der Waals surface area contributed by atoms with Gasteiger partial charge in [-0.25, -0.2) is 0 Å². The van der Waals surface area contributed by atoms with E-state index in [0.717, 1.165) is 135 Å². The van der Waals surface area contributed by atoms with Crippen molar-refractivity contribution in [3.8, 4) is 0 Å².